The molecule has 11 rings (SSSR count). The van der Waals surface area contributed by atoms with Crippen LogP contribution in [0.15, 0.2) is 192 Å². The molecule has 6 unspecified atom stereocenters. The van der Waals surface area contributed by atoms with Crippen molar-refractivity contribution in [2.75, 3.05) is 0 Å². The highest BCUT2D eigenvalue weighted by atomic mass is 16.5. The average molecular weight is 739 g/mol. The van der Waals surface area contributed by atoms with Crippen LogP contribution in [0.3, 0.4) is 0 Å². The fourth-order valence-corrected chi connectivity index (χ4v) is 11.2. The van der Waals surface area contributed by atoms with E-state index in [4.69, 9.17) is 10.1 Å². The van der Waals surface area contributed by atoms with Crippen molar-refractivity contribution in [2.24, 2.45) is 5.92 Å². The second-order valence-corrected chi connectivity index (χ2v) is 16.4. The van der Waals surface area contributed by atoms with Gasteiger partial charge in [0.15, 0.2) is 0 Å². The molecule has 3 nitrogen and oxygen atoms in total. The van der Waals surface area contributed by atoms with E-state index >= 15 is 0 Å². The molecule has 4 aromatic carbocycles. The van der Waals surface area contributed by atoms with Gasteiger partial charge in [-0.3, -0.25) is 0 Å². The molecule has 278 valence electrons. The first-order valence-corrected chi connectivity index (χ1v) is 20.8. The summed E-state index contributed by atoms with van der Waals surface area (Å²) in [6, 6.07) is 36.5. The van der Waals surface area contributed by atoms with E-state index in [1.807, 2.05) is 0 Å². The molecule has 5 aliphatic carbocycles. The summed E-state index contributed by atoms with van der Waals surface area (Å²) < 4.78 is 6.72. The topological polar surface area (TPSA) is 45.1 Å². The van der Waals surface area contributed by atoms with Crippen molar-refractivity contribution >= 4 is 17.5 Å². The van der Waals surface area contributed by atoms with Crippen LogP contribution in [0.2, 0.25) is 0 Å². The number of allylic oxidation sites excluding steroid dienone is 14. The minimum absolute atomic E-state index is 0.0233. The van der Waals surface area contributed by atoms with Gasteiger partial charge in [-0.15, -0.1) is 0 Å². The Morgan fingerprint density at radius 2 is 1.46 bits per heavy atom. The Morgan fingerprint density at radius 1 is 0.719 bits per heavy atom. The van der Waals surface area contributed by atoms with Crippen LogP contribution < -0.4 is 10.1 Å². The van der Waals surface area contributed by atoms with Gasteiger partial charge >= 0.3 is 0 Å². The summed E-state index contributed by atoms with van der Waals surface area (Å²) >= 11 is 0. The third kappa shape index (κ3) is 5.28. The summed E-state index contributed by atoms with van der Waals surface area (Å²) in [5.41, 5.74) is 16.6. The molecular weight excluding hydrogens is 693 g/mol. The average Bonchev–Trinajstić information content (AvgIpc) is 3.57. The molecule has 0 bridgehead atoms. The molecule has 4 aromatic rings. The van der Waals surface area contributed by atoms with E-state index in [0.29, 0.717) is 0 Å². The molecule has 3 heteroatoms. The first kappa shape index (κ1) is 34.1. The molecule has 0 radical (unpaired) electrons. The van der Waals surface area contributed by atoms with Crippen molar-refractivity contribution < 1.29 is 4.74 Å². The lowest BCUT2D eigenvalue weighted by Crippen LogP contribution is -2.48. The first-order valence-electron chi connectivity index (χ1n) is 20.8. The molecule has 0 amide bonds. The van der Waals surface area contributed by atoms with Gasteiger partial charge in [0, 0.05) is 40.7 Å². The van der Waals surface area contributed by atoms with E-state index in [9.17, 15) is 0 Å². The summed E-state index contributed by atoms with van der Waals surface area (Å²) in [5.74, 6) is 1.55. The third-order valence-electron chi connectivity index (χ3n) is 13.7. The number of rotatable bonds is 5. The fraction of sp³-hybridized carbons (Fsp3) is 0.204. The summed E-state index contributed by atoms with van der Waals surface area (Å²) in [5, 5.41) is 12.7. The molecule has 2 N–H and O–H groups in total. The zero-order chi connectivity index (χ0) is 37.9. The summed E-state index contributed by atoms with van der Waals surface area (Å²) in [6.45, 7) is 0. The van der Waals surface area contributed by atoms with E-state index in [0.717, 1.165) is 49.1 Å². The molecule has 2 heterocycles. The maximum Gasteiger partial charge on any atom is 0.125 e. The zero-order valence-electron chi connectivity index (χ0n) is 32.1. The smallest absolute Gasteiger partial charge is 0.125 e. The standard InChI is InChI=1S/C54H46N2O/c55-34-44(36-15-3-1-4-16-36)53-43-21-8-7-20-42(43)51(52(56-53)38-17-5-2-6-18-38)37-29-27-35(28-30-37)39-31-32-41-40-19-9-10-22-45(40)54(48(41)33-39)46-23-11-13-25-49(46)57-50-26-14-12-24-47(50)54/h1-3,5,7-15,17,19-32,34,39,46,49,51-52,55-56H,4,6,16,18,33H2/b53-44+,55-34?. The maximum atomic E-state index is 8.61. The lowest BCUT2D eigenvalue weighted by Gasteiger charge is -2.49. The van der Waals surface area contributed by atoms with Crippen LogP contribution in [-0.2, 0) is 5.41 Å². The van der Waals surface area contributed by atoms with Gasteiger partial charge in [0.1, 0.15) is 11.9 Å². The van der Waals surface area contributed by atoms with Gasteiger partial charge < -0.3 is 15.5 Å². The van der Waals surface area contributed by atoms with Crippen molar-refractivity contribution in [3.05, 3.63) is 231 Å². The number of para-hydroxylation sites is 1. The Labute approximate surface area is 336 Å². The highest BCUT2D eigenvalue weighted by molar-refractivity contribution is 5.96. The van der Waals surface area contributed by atoms with Crippen molar-refractivity contribution in [1.29, 1.82) is 5.41 Å². The Balaban J connectivity index is 0.988. The Morgan fingerprint density at radius 3 is 2.26 bits per heavy atom. The minimum atomic E-state index is -0.299. The van der Waals surface area contributed by atoms with Gasteiger partial charge in [0.25, 0.3) is 0 Å². The lowest BCUT2D eigenvalue weighted by molar-refractivity contribution is 0.138. The zero-order valence-corrected chi connectivity index (χ0v) is 32.1. The van der Waals surface area contributed by atoms with Gasteiger partial charge in [0.2, 0.25) is 0 Å². The number of hydrogen-bond acceptors (Lipinski definition) is 3. The monoisotopic (exact) mass is 738 g/mol. The van der Waals surface area contributed by atoms with E-state index in [1.165, 1.54) is 61.2 Å². The van der Waals surface area contributed by atoms with Crippen LogP contribution in [-0.4, -0.2) is 18.4 Å². The first-order chi connectivity index (χ1) is 28.2. The number of fused-ring (bicyclic) bond motifs is 9. The molecule has 0 saturated carbocycles. The van der Waals surface area contributed by atoms with Gasteiger partial charge in [-0.05, 0) is 94.4 Å². The summed E-state index contributed by atoms with van der Waals surface area (Å²) in [7, 11) is 0. The minimum Gasteiger partial charge on any atom is -0.485 e. The second-order valence-electron chi connectivity index (χ2n) is 16.4. The Bertz CT molecular complexity index is 2600. The highest BCUT2D eigenvalue weighted by Gasteiger charge is 2.57. The van der Waals surface area contributed by atoms with E-state index in [1.54, 1.807) is 6.21 Å². The van der Waals surface area contributed by atoms with Crippen molar-refractivity contribution in [1.82, 2.24) is 5.32 Å². The molecule has 6 atom stereocenters. The molecule has 1 spiro atoms. The van der Waals surface area contributed by atoms with E-state index < -0.39 is 0 Å². The Kier molecular flexibility index (Phi) is 8.24. The fourth-order valence-electron chi connectivity index (χ4n) is 11.2. The van der Waals surface area contributed by atoms with Gasteiger partial charge in [-0.2, -0.15) is 0 Å². The molecule has 7 aliphatic rings. The van der Waals surface area contributed by atoms with E-state index in [2.05, 4.69) is 175 Å². The van der Waals surface area contributed by atoms with Crippen LogP contribution in [0, 0.1) is 11.3 Å². The summed E-state index contributed by atoms with van der Waals surface area (Å²) in [4.78, 5) is 0. The van der Waals surface area contributed by atoms with Crippen LogP contribution >= 0.6 is 0 Å². The van der Waals surface area contributed by atoms with Crippen molar-refractivity contribution in [2.45, 2.75) is 61.5 Å². The van der Waals surface area contributed by atoms with Crippen LogP contribution in [0.5, 0.6) is 5.75 Å². The number of hydrogen-bond donors (Lipinski definition) is 2. The number of ether oxygens (including phenoxy) is 1. The highest BCUT2D eigenvalue weighted by Crippen LogP contribution is 2.63. The largest absolute Gasteiger partial charge is 0.485 e. The maximum absolute atomic E-state index is 8.61. The Hall–Kier alpha value is -6.19. The molecule has 0 aromatic heterocycles. The van der Waals surface area contributed by atoms with Crippen LogP contribution in [0.1, 0.15) is 82.9 Å². The molecule has 0 saturated heterocycles. The predicted octanol–water partition coefficient (Wildman–Crippen LogP) is 12.0. The van der Waals surface area contributed by atoms with Gasteiger partial charge in [-0.1, -0.05) is 158 Å². The molecule has 0 fully saturated rings. The predicted molar refractivity (Wildman–Crippen MR) is 234 cm³/mol. The van der Waals surface area contributed by atoms with Crippen molar-refractivity contribution in [3.63, 3.8) is 0 Å². The molecule has 2 aliphatic heterocycles. The third-order valence-corrected chi connectivity index (χ3v) is 13.7. The van der Waals surface area contributed by atoms with Crippen LogP contribution in [0.25, 0.3) is 11.3 Å². The van der Waals surface area contributed by atoms with Gasteiger partial charge in [-0.25, -0.2) is 0 Å². The van der Waals surface area contributed by atoms with Crippen molar-refractivity contribution in [3.8, 4) is 5.75 Å². The second kappa shape index (κ2) is 13.8. The van der Waals surface area contributed by atoms with Crippen LogP contribution in [0.4, 0.5) is 0 Å². The number of benzene rings is 4. The molecule has 57 heavy (non-hydrogen) atoms. The molecular formula is C54H46N2O. The van der Waals surface area contributed by atoms with E-state index in [-0.39, 0.29) is 35.3 Å². The lowest BCUT2D eigenvalue weighted by atomic mass is 9.58. The normalized spacial score (nSPS) is 28.2. The SMILES string of the molecule is N=C/C(C1=CC=CCC1)=C1\NC(C2=CC=CCC2)C(c2ccc(C3C=CC4=C(C3)C3(c5ccccc5OC5C=CC=CC53)c3ccccc34)cc2)c2ccccc21. The summed E-state index contributed by atoms with van der Waals surface area (Å²) in [6.07, 6.45) is 33.8. The number of nitrogens with one attached hydrogen (secondary N) is 2. The quantitative estimate of drug-likeness (QED) is 0.200. The van der Waals surface area contributed by atoms with Gasteiger partial charge in [0.05, 0.1) is 17.2 Å².